The van der Waals surface area contributed by atoms with Crippen molar-refractivity contribution in [3.05, 3.63) is 107 Å². The number of fused-ring (bicyclic) bond motifs is 2. The molecule has 0 atom stereocenters. The van der Waals surface area contributed by atoms with E-state index >= 15 is 0 Å². The van der Waals surface area contributed by atoms with Crippen molar-refractivity contribution in [2.45, 2.75) is 6.42 Å². The first-order valence-electron chi connectivity index (χ1n) is 12.7. The highest BCUT2D eigenvalue weighted by atomic mass is 16.5. The van der Waals surface area contributed by atoms with Crippen LogP contribution in [0.1, 0.15) is 47.9 Å². The molecule has 2 N–H and O–H groups in total. The standard InChI is InChI=1S/C31H22N2O8/c34-20-6-1-4-18(14-20)32-28(36)24-10-8-22(16-26(24)30(32)38)40-12-3-13-41-23-9-11-25-27(17-23)31(39)33(29(25)37)19-5-2-7-21(35)15-19/h1-2,4-11,14-17,34-35H,3,12-13H2. The van der Waals surface area contributed by atoms with E-state index in [1.54, 1.807) is 36.4 Å². The number of imide groups is 2. The van der Waals surface area contributed by atoms with Crippen LogP contribution in [0.5, 0.6) is 23.0 Å². The van der Waals surface area contributed by atoms with Crippen molar-refractivity contribution in [1.82, 2.24) is 0 Å². The van der Waals surface area contributed by atoms with E-state index in [4.69, 9.17) is 9.47 Å². The van der Waals surface area contributed by atoms with Gasteiger partial charge in [-0.3, -0.25) is 19.2 Å². The molecule has 0 aromatic heterocycles. The third-order valence-corrected chi connectivity index (χ3v) is 6.72. The Bertz CT molecular complexity index is 1620. The van der Waals surface area contributed by atoms with Crippen LogP contribution >= 0.6 is 0 Å². The van der Waals surface area contributed by atoms with Gasteiger partial charge in [-0.2, -0.15) is 0 Å². The molecule has 4 aromatic carbocycles. The second-order valence-electron chi connectivity index (χ2n) is 9.40. The Morgan fingerprint density at radius 3 is 1.34 bits per heavy atom. The molecule has 0 saturated carbocycles. The summed E-state index contributed by atoms with van der Waals surface area (Å²) in [4.78, 5) is 53.5. The van der Waals surface area contributed by atoms with Crippen LogP contribution in [0.3, 0.4) is 0 Å². The zero-order chi connectivity index (χ0) is 28.7. The first-order valence-corrected chi connectivity index (χ1v) is 12.7. The highest BCUT2D eigenvalue weighted by Gasteiger charge is 2.38. The molecule has 10 heteroatoms. The molecule has 10 nitrogen and oxygen atoms in total. The molecular formula is C31H22N2O8. The van der Waals surface area contributed by atoms with Crippen LogP contribution in [-0.2, 0) is 0 Å². The number of phenolic OH excluding ortho intramolecular Hbond substituents is 2. The number of rotatable bonds is 8. The summed E-state index contributed by atoms with van der Waals surface area (Å²) in [5.41, 5.74) is 1.48. The fraction of sp³-hybridized carbons (Fsp3) is 0.0968. The number of carbonyl (C=O) groups is 4. The number of amides is 4. The summed E-state index contributed by atoms with van der Waals surface area (Å²) in [6.45, 7) is 0.510. The van der Waals surface area contributed by atoms with Gasteiger partial charge in [-0.1, -0.05) is 12.1 Å². The van der Waals surface area contributed by atoms with E-state index in [0.29, 0.717) is 17.9 Å². The molecule has 0 bridgehead atoms. The first kappa shape index (κ1) is 25.6. The highest BCUT2D eigenvalue weighted by molar-refractivity contribution is 6.35. The van der Waals surface area contributed by atoms with Crippen LogP contribution in [-0.4, -0.2) is 47.1 Å². The molecule has 0 fully saturated rings. The fourth-order valence-corrected chi connectivity index (χ4v) is 4.79. The van der Waals surface area contributed by atoms with Gasteiger partial charge in [0.2, 0.25) is 0 Å². The number of phenols is 2. The monoisotopic (exact) mass is 550 g/mol. The van der Waals surface area contributed by atoms with Crippen molar-refractivity contribution in [2.24, 2.45) is 0 Å². The molecule has 0 unspecified atom stereocenters. The van der Waals surface area contributed by atoms with Crippen molar-refractivity contribution in [1.29, 1.82) is 0 Å². The van der Waals surface area contributed by atoms with E-state index in [9.17, 15) is 29.4 Å². The molecule has 2 aliphatic heterocycles. The lowest BCUT2D eigenvalue weighted by molar-refractivity contribution is 0.0910. The molecule has 4 amide bonds. The molecule has 2 heterocycles. The van der Waals surface area contributed by atoms with Crippen LogP contribution in [0, 0.1) is 0 Å². The average Bonchev–Trinajstić information content (AvgIpc) is 3.36. The van der Waals surface area contributed by atoms with Gasteiger partial charge in [0, 0.05) is 18.6 Å². The molecule has 41 heavy (non-hydrogen) atoms. The molecule has 0 radical (unpaired) electrons. The summed E-state index contributed by atoms with van der Waals surface area (Å²) >= 11 is 0. The SMILES string of the molecule is O=C1c2ccc(OCCCOc3ccc4c(c3)C(=O)N(c3cccc(O)c3)C4=O)cc2C(=O)N1c1cccc(O)c1. The zero-order valence-electron chi connectivity index (χ0n) is 21.4. The number of benzene rings is 4. The van der Waals surface area contributed by atoms with E-state index < -0.39 is 23.6 Å². The number of hydrogen-bond acceptors (Lipinski definition) is 8. The van der Waals surface area contributed by atoms with E-state index in [2.05, 4.69) is 0 Å². The van der Waals surface area contributed by atoms with Crippen LogP contribution in [0.25, 0.3) is 0 Å². The molecule has 4 aromatic rings. The Morgan fingerprint density at radius 2 is 0.927 bits per heavy atom. The van der Waals surface area contributed by atoms with E-state index in [-0.39, 0.29) is 58.3 Å². The second-order valence-corrected chi connectivity index (χ2v) is 9.40. The number of aromatic hydroxyl groups is 2. The summed E-state index contributed by atoms with van der Waals surface area (Å²) in [7, 11) is 0. The number of nitrogens with zero attached hydrogens (tertiary/aromatic N) is 2. The lowest BCUT2D eigenvalue weighted by Crippen LogP contribution is -2.29. The maximum absolute atomic E-state index is 12.9. The third kappa shape index (κ3) is 4.61. The number of carbonyl (C=O) groups excluding carboxylic acids is 4. The number of hydrogen-bond donors (Lipinski definition) is 2. The highest BCUT2D eigenvalue weighted by Crippen LogP contribution is 2.33. The van der Waals surface area contributed by atoms with Gasteiger partial charge in [-0.05, 0) is 60.7 Å². The third-order valence-electron chi connectivity index (χ3n) is 6.72. The average molecular weight is 551 g/mol. The van der Waals surface area contributed by atoms with Gasteiger partial charge in [0.15, 0.2) is 0 Å². The molecular weight excluding hydrogens is 528 g/mol. The van der Waals surface area contributed by atoms with Crippen molar-refractivity contribution in [3.8, 4) is 23.0 Å². The minimum Gasteiger partial charge on any atom is -0.508 e. The molecule has 2 aliphatic rings. The summed E-state index contributed by atoms with van der Waals surface area (Å²) in [5, 5.41) is 19.5. The number of ether oxygens (including phenoxy) is 2. The zero-order valence-corrected chi connectivity index (χ0v) is 21.4. The minimum atomic E-state index is -0.503. The van der Waals surface area contributed by atoms with E-state index in [1.165, 1.54) is 48.5 Å². The molecule has 0 aliphatic carbocycles. The molecule has 0 spiro atoms. The molecule has 0 saturated heterocycles. The van der Waals surface area contributed by atoms with Gasteiger partial charge < -0.3 is 19.7 Å². The van der Waals surface area contributed by atoms with Crippen molar-refractivity contribution in [2.75, 3.05) is 23.0 Å². The predicted octanol–water partition coefficient (Wildman–Crippen LogP) is 4.55. The summed E-state index contributed by atoms with van der Waals surface area (Å²) in [5.74, 6) is -1.24. The Morgan fingerprint density at radius 1 is 0.512 bits per heavy atom. The number of anilines is 2. The van der Waals surface area contributed by atoms with Gasteiger partial charge in [-0.15, -0.1) is 0 Å². The minimum absolute atomic E-state index is 0.0550. The van der Waals surface area contributed by atoms with Gasteiger partial charge in [-0.25, -0.2) is 9.80 Å². The predicted molar refractivity (Wildman–Crippen MR) is 147 cm³/mol. The Kier molecular flexibility index (Phi) is 6.35. The Hall–Kier alpha value is -5.64. The van der Waals surface area contributed by atoms with Crippen molar-refractivity contribution >= 4 is 35.0 Å². The maximum atomic E-state index is 12.9. The topological polar surface area (TPSA) is 134 Å². The molecule has 204 valence electrons. The van der Waals surface area contributed by atoms with Crippen LogP contribution in [0.2, 0.25) is 0 Å². The van der Waals surface area contributed by atoms with Crippen LogP contribution in [0.4, 0.5) is 11.4 Å². The van der Waals surface area contributed by atoms with Gasteiger partial charge in [0.25, 0.3) is 23.6 Å². The van der Waals surface area contributed by atoms with Gasteiger partial charge in [0.05, 0.1) is 46.8 Å². The lowest BCUT2D eigenvalue weighted by Gasteiger charge is -2.13. The van der Waals surface area contributed by atoms with Crippen LogP contribution in [0.15, 0.2) is 84.9 Å². The Labute approximate surface area is 233 Å². The largest absolute Gasteiger partial charge is 0.508 e. The second kappa shape index (κ2) is 10.2. The maximum Gasteiger partial charge on any atom is 0.266 e. The normalized spacial score (nSPS) is 14.0. The van der Waals surface area contributed by atoms with Crippen molar-refractivity contribution in [3.63, 3.8) is 0 Å². The van der Waals surface area contributed by atoms with Crippen LogP contribution < -0.4 is 19.3 Å². The van der Waals surface area contributed by atoms with E-state index in [0.717, 1.165) is 9.80 Å². The first-order chi connectivity index (χ1) is 19.8. The summed E-state index contributed by atoms with van der Waals surface area (Å²) in [6.07, 6.45) is 0.471. The Balaban J connectivity index is 1.05. The lowest BCUT2D eigenvalue weighted by atomic mass is 10.1. The fourth-order valence-electron chi connectivity index (χ4n) is 4.79. The van der Waals surface area contributed by atoms with E-state index in [1.807, 2.05) is 0 Å². The summed E-state index contributed by atoms with van der Waals surface area (Å²) in [6, 6.07) is 21.2. The van der Waals surface area contributed by atoms with Gasteiger partial charge >= 0.3 is 0 Å². The molecule has 6 rings (SSSR count). The smallest absolute Gasteiger partial charge is 0.266 e. The summed E-state index contributed by atoms with van der Waals surface area (Å²) < 4.78 is 11.5. The van der Waals surface area contributed by atoms with Gasteiger partial charge in [0.1, 0.15) is 23.0 Å². The quantitative estimate of drug-likeness (QED) is 0.241. The van der Waals surface area contributed by atoms with Crippen molar-refractivity contribution < 1.29 is 38.9 Å².